The first-order chi connectivity index (χ1) is 22.3. The van der Waals surface area contributed by atoms with Gasteiger partial charge in [-0.2, -0.15) is 8.78 Å². The van der Waals surface area contributed by atoms with Crippen LogP contribution >= 0.6 is 0 Å². The lowest BCUT2D eigenvalue weighted by atomic mass is 9.81. The van der Waals surface area contributed by atoms with Crippen LogP contribution in [0, 0.1) is 11.8 Å². The SMILES string of the molecule is CC(C)[C@@H](C(=O)C(F)(F)C(=O)Cc1ccccc1)N1CCC[C@H]1C(=O)NC(=O)[C@](N)(C(=O)CN1CC(=O)N(CC(=O)O)CC1=O)C(C)C. The number of benzene rings is 1. The van der Waals surface area contributed by atoms with Crippen molar-refractivity contribution in [3.63, 3.8) is 0 Å². The molecule has 2 fully saturated rings. The molecule has 0 aliphatic carbocycles. The third-order valence-electron chi connectivity index (χ3n) is 8.72. The van der Waals surface area contributed by atoms with E-state index in [1.54, 1.807) is 18.2 Å². The fourth-order valence-corrected chi connectivity index (χ4v) is 5.92. The number of Topliss-reactive ketones (excluding diaryl/α,β-unsaturated/α-hetero) is 3. The van der Waals surface area contributed by atoms with E-state index in [1.807, 2.05) is 0 Å². The van der Waals surface area contributed by atoms with E-state index in [9.17, 15) is 38.4 Å². The van der Waals surface area contributed by atoms with Gasteiger partial charge < -0.3 is 20.6 Å². The van der Waals surface area contributed by atoms with Crippen molar-refractivity contribution in [2.24, 2.45) is 17.6 Å². The van der Waals surface area contributed by atoms with Gasteiger partial charge in [-0.15, -0.1) is 0 Å². The maximum Gasteiger partial charge on any atom is 0.364 e. The van der Waals surface area contributed by atoms with Gasteiger partial charge in [0.1, 0.15) is 19.6 Å². The maximum absolute atomic E-state index is 15.3. The Morgan fingerprint density at radius 2 is 1.50 bits per heavy atom. The van der Waals surface area contributed by atoms with Crippen LogP contribution in [0.25, 0.3) is 0 Å². The molecule has 2 aliphatic rings. The second-order valence-corrected chi connectivity index (χ2v) is 12.8. The van der Waals surface area contributed by atoms with E-state index in [2.05, 4.69) is 5.32 Å². The van der Waals surface area contributed by atoms with E-state index in [0.29, 0.717) is 12.0 Å². The molecule has 1 aromatic carbocycles. The van der Waals surface area contributed by atoms with Crippen LogP contribution in [0.1, 0.15) is 46.1 Å². The number of nitrogens with two attached hydrogens (primary N) is 1. The molecule has 0 spiro atoms. The lowest BCUT2D eigenvalue weighted by molar-refractivity contribution is -0.161. The number of hydrogen-bond donors (Lipinski definition) is 3. The van der Waals surface area contributed by atoms with Crippen molar-refractivity contribution in [1.29, 1.82) is 0 Å². The number of carboxylic acids is 1. The van der Waals surface area contributed by atoms with Crippen LogP contribution in [0.5, 0.6) is 0 Å². The summed E-state index contributed by atoms with van der Waals surface area (Å²) in [4.78, 5) is 105. The van der Waals surface area contributed by atoms with Gasteiger partial charge in [-0.25, -0.2) is 0 Å². The minimum atomic E-state index is -4.36. The average molecular weight is 678 g/mol. The summed E-state index contributed by atoms with van der Waals surface area (Å²) in [7, 11) is 0. The van der Waals surface area contributed by atoms with Crippen molar-refractivity contribution in [2.45, 2.75) is 70.5 Å². The molecule has 0 aromatic heterocycles. The molecule has 3 rings (SSSR count). The predicted octanol–water partition coefficient (Wildman–Crippen LogP) is -0.188. The number of aliphatic carboxylic acids is 1. The molecular weight excluding hydrogens is 636 g/mol. The number of ketones is 3. The molecule has 4 N–H and O–H groups in total. The van der Waals surface area contributed by atoms with Crippen LogP contribution in [0.15, 0.2) is 30.3 Å². The first kappa shape index (κ1) is 38.0. The standard InChI is InChI=1S/C32H41F2N5O9/c1-18(2)27(28(46)32(33,34)22(40)13-20-9-6-5-7-10-20)39-12-8-11-21(39)29(47)36-30(48)31(35,19(3)4)23(41)14-37-15-25(43)38(16-24(37)42)17-26(44)45/h5-7,9-10,18-19,21,27H,8,11-17,35H2,1-4H3,(H,44,45)(H,36,47,48)/t21-,27-,31+/m0/s1. The van der Waals surface area contributed by atoms with Crippen molar-refractivity contribution in [2.75, 3.05) is 32.7 Å². The zero-order chi connectivity index (χ0) is 36.1. The summed E-state index contributed by atoms with van der Waals surface area (Å²) in [5, 5.41) is 11.0. The van der Waals surface area contributed by atoms with E-state index >= 15 is 8.78 Å². The number of likely N-dealkylation sites (tertiary alicyclic amines) is 1. The minimum Gasteiger partial charge on any atom is -0.480 e. The van der Waals surface area contributed by atoms with Crippen LogP contribution in [0.2, 0.25) is 0 Å². The summed E-state index contributed by atoms with van der Waals surface area (Å²) in [6, 6.07) is 4.94. The Hall–Kier alpha value is -4.44. The van der Waals surface area contributed by atoms with Crippen molar-refractivity contribution >= 4 is 46.9 Å². The number of carbonyl (C=O) groups is 8. The molecule has 0 saturated carbocycles. The molecule has 48 heavy (non-hydrogen) atoms. The first-order valence-electron chi connectivity index (χ1n) is 15.5. The number of carboxylic acid groups (broad SMARTS) is 1. The van der Waals surface area contributed by atoms with Crippen LogP contribution in [-0.2, 0) is 44.8 Å². The lowest BCUT2D eigenvalue weighted by Gasteiger charge is -2.37. The highest BCUT2D eigenvalue weighted by Crippen LogP contribution is 2.31. The second-order valence-electron chi connectivity index (χ2n) is 12.8. The van der Waals surface area contributed by atoms with Crippen molar-refractivity contribution in [3.05, 3.63) is 35.9 Å². The van der Waals surface area contributed by atoms with Crippen molar-refractivity contribution < 1.29 is 52.2 Å². The number of piperazine rings is 1. The molecule has 16 heteroatoms. The highest BCUT2D eigenvalue weighted by molar-refractivity contribution is 6.17. The molecule has 2 aliphatic heterocycles. The van der Waals surface area contributed by atoms with E-state index in [0.717, 1.165) is 9.80 Å². The summed E-state index contributed by atoms with van der Waals surface area (Å²) in [6.45, 7) is 3.13. The number of rotatable bonds is 15. The van der Waals surface area contributed by atoms with Gasteiger partial charge in [-0.3, -0.25) is 48.6 Å². The number of carbonyl (C=O) groups excluding carboxylic acids is 7. The Balaban J connectivity index is 1.76. The Morgan fingerprint density at radius 3 is 2.02 bits per heavy atom. The van der Waals surface area contributed by atoms with Gasteiger partial charge in [-0.1, -0.05) is 58.0 Å². The molecule has 14 nitrogen and oxygen atoms in total. The van der Waals surface area contributed by atoms with E-state index in [-0.39, 0.29) is 13.0 Å². The molecule has 0 bridgehead atoms. The Morgan fingerprint density at radius 1 is 0.938 bits per heavy atom. The monoisotopic (exact) mass is 677 g/mol. The Labute approximate surface area is 275 Å². The zero-order valence-electron chi connectivity index (χ0n) is 27.2. The fraction of sp³-hybridized carbons (Fsp3) is 0.562. The van der Waals surface area contributed by atoms with Crippen LogP contribution < -0.4 is 11.1 Å². The molecule has 2 heterocycles. The number of alkyl halides is 2. The predicted molar refractivity (Wildman–Crippen MR) is 164 cm³/mol. The quantitative estimate of drug-likeness (QED) is 0.208. The highest BCUT2D eigenvalue weighted by Gasteiger charge is 2.54. The third kappa shape index (κ3) is 8.16. The Kier molecular flexibility index (Phi) is 12.0. The number of hydrogen-bond acceptors (Lipinski definition) is 10. The minimum absolute atomic E-state index is 0.0324. The molecule has 0 radical (unpaired) electrons. The topological polar surface area (TPSA) is 205 Å². The van der Waals surface area contributed by atoms with Gasteiger partial charge in [0.25, 0.3) is 5.91 Å². The summed E-state index contributed by atoms with van der Waals surface area (Å²) in [6.07, 6.45) is -0.306. The lowest BCUT2D eigenvalue weighted by Crippen LogP contribution is -2.68. The van der Waals surface area contributed by atoms with Crippen molar-refractivity contribution in [3.8, 4) is 0 Å². The zero-order valence-corrected chi connectivity index (χ0v) is 27.2. The van der Waals surface area contributed by atoms with Gasteiger partial charge in [0.05, 0.1) is 18.6 Å². The molecule has 2 saturated heterocycles. The fourth-order valence-electron chi connectivity index (χ4n) is 5.92. The number of nitrogens with one attached hydrogen (secondary N) is 1. The third-order valence-corrected chi connectivity index (χ3v) is 8.72. The molecule has 3 atom stereocenters. The summed E-state index contributed by atoms with van der Waals surface area (Å²) in [5.74, 6) is -15.4. The number of halogens is 2. The van der Waals surface area contributed by atoms with E-state index in [1.165, 1.54) is 44.7 Å². The van der Waals surface area contributed by atoms with Gasteiger partial charge in [-0.05, 0) is 36.8 Å². The van der Waals surface area contributed by atoms with Gasteiger partial charge >= 0.3 is 11.9 Å². The summed E-state index contributed by atoms with van der Waals surface area (Å²) in [5.41, 5.74) is 4.20. The van der Waals surface area contributed by atoms with Gasteiger partial charge in [0.15, 0.2) is 11.3 Å². The number of nitrogens with zero attached hydrogens (tertiary/aromatic N) is 3. The van der Waals surface area contributed by atoms with Gasteiger partial charge in [0, 0.05) is 6.42 Å². The largest absolute Gasteiger partial charge is 0.480 e. The van der Waals surface area contributed by atoms with E-state index in [4.69, 9.17) is 10.8 Å². The summed E-state index contributed by atoms with van der Waals surface area (Å²) < 4.78 is 30.7. The Bertz CT molecular complexity index is 1470. The number of amides is 4. The van der Waals surface area contributed by atoms with Crippen molar-refractivity contribution in [1.82, 2.24) is 20.0 Å². The summed E-state index contributed by atoms with van der Waals surface area (Å²) >= 11 is 0. The van der Waals surface area contributed by atoms with Gasteiger partial charge in [0.2, 0.25) is 29.3 Å². The van der Waals surface area contributed by atoms with E-state index < -0.39 is 115 Å². The normalized spacial score (nSPS) is 19.3. The molecule has 262 valence electrons. The first-order valence-corrected chi connectivity index (χ1v) is 15.5. The molecular formula is C32H41F2N5O9. The van der Waals surface area contributed by atoms with Crippen LogP contribution in [0.3, 0.4) is 0 Å². The van der Waals surface area contributed by atoms with Crippen LogP contribution in [-0.4, -0.2) is 123 Å². The molecule has 4 amide bonds. The smallest absolute Gasteiger partial charge is 0.364 e. The number of imide groups is 1. The second kappa shape index (κ2) is 15.2. The molecule has 1 aromatic rings. The molecule has 0 unspecified atom stereocenters. The van der Waals surface area contributed by atoms with Crippen LogP contribution in [0.4, 0.5) is 8.78 Å². The average Bonchev–Trinajstić information content (AvgIpc) is 3.48. The highest BCUT2D eigenvalue weighted by atomic mass is 19.3. The maximum atomic E-state index is 15.3.